The van der Waals surface area contributed by atoms with Crippen LogP contribution in [0.5, 0.6) is 5.75 Å². The molecule has 0 aliphatic carbocycles. The van der Waals surface area contributed by atoms with Gasteiger partial charge in [-0.15, -0.1) is 0 Å². The van der Waals surface area contributed by atoms with Crippen molar-refractivity contribution in [2.45, 2.75) is 38.3 Å². The summed E-state index contributed by atoms with van der Waals surface area (Å²) in [5.74, 6) is 1.45. The Bertz CT molecular complexity index is 425. The van der Waals surface area contributed by atoms with Crippen LogP contribution >= 0.6 is 15.9 Å². The molecule has 0 aromatic heterocycles. The van der Waals surface area contributed by atoms with Gasteiger partial charge in [-0.05, 0) is 43.5 Å². The number of halogens is 1. The summed E-state index contributed by atoms with van der Waals surface area (Å²) < 4.78 is 6.32. The number of aliphatic hydroxyl groups excluding tert-OH is 1. The average molecular weight is 328 g/mol. The molecule has 3 unspecified atom stereocenters. The van der Waals surface area contributed by atoms with E-state index < -0.39 is 6.10 Å². The molecule has 3 atom stereocenters. The van der Waals surface area contributed by atoms with Crippen LogP contribution in [0.2, 0.25) is 0 Å². The maximum atomic E-state index is 10.6. The fourth-order valence-corrected chi connectivity index (χ4v) is 3.18. The summed E-state index contributed by atoms with van der Waals surface area (Å²) in [7, 11) is 1.64. The lowest BCUT2D eigenvalue weighted by atomic mass is 9.86. The molecule has 0 bridgehead atoms. The van der Waals surface area contributed by atoms with E-state index in [2.05, 4.69) is 28.2 Å². The Labute approximate surface area is 123 Å². The summed E-state index contributed by atoms with van der Waals surface area (Å²) in [4.78, 5) is 0. The zero-order valence-corrected chi connectivity index (χ0v) is 13.1. The summed E-state index contributed by atoms with van der Waals surface area (Å²) in [5, 5.41) is 14.1. The van der Waals surface area contributed by atoms with Crippen molar-refractivity contribution in [1.29, 1.82) is 0 Å². The third-order valence-corrected chi connectivity index (χ3v) is 4.51. The van der Waals surface area contributed by atoms with Gasteiger partial charge in [0.1, 0.15) is 5.75 Å². The van der Waals surface area contributed by atoms with Gasteiger partial charge in [-0.2, -0.15) is 0 Å². The number of ether oxygens (including phenoxy) is 1. The van der Waals surface area contributed by atoms with E-state index in [-0.39, 0.29) is 6.04 Å². The fraction of sp³-hybridized carbons (Fsp3) is 0.600. The van der Waals surface area contributed by atoms with Crippen LogP contribution in [0.4, 0.5) is 0 Å². The van der Waals surface area contributed by atoms with E-state index in [1.165, 1.54) is 12.8 Å². The Kier molecular flexibility index (Phi) is 5.25. The number of hydrogen-bond donors (Lipinski definition) is 2. The molecule has 0 saturated carbocycles. The predicted molar refractivity (Wildman–Crippen MR) is 80.5 cm³/mol. The largest absolute Gasteiger partial charge is 0.496 e. The number of hydrogen-bond acceptors (Lipinski definition) is 3. The average Bonchev–Trinajstić information content (AvgIpc) is 2.46. The molecule has 19 heavy (non-hydrogen) atoms. The molecule has 1 aromatic carbocycles. The molecule has 0 spiro atoms. The van der Waals surface area contributed by atoms with Crippen LogP contribution in [0.25, 0.3) is 0 Å². The van der Waals surface area contributed by atoms with Crippen molar-refractivity contribution >= 4 is 15.9 Å². The minimum Gasteiger partial charge on any atom is -0.496 e. The van der Waals surface area contributed by atoms with E-state index in [1.54, 1.807) is 7.11 Å². The third-order valence-electron chi connectivity index (χ3n) is 4.02. The van der Waals surface area contributed by atoms with Gasteiger partial charge in [0.15, 0.2) is 0 Å². The van der Waals surface area contributed by atoms with Crippen LogP contribution in [-0.4, -0.2) is 24.8 Å². The zero-order chi connectivity index (χ0) is 13.8. The smallest absolute Gasteiger partial charge is 0.124 e. The first-order valence-corrected chi connectivity index (χ1v) is 7.69. The third kappa shape index (κ3) is 3.50. The number of methoxy groups -OCH3 is 1. The van der Waals surface area contributed by atoms with Crippen LogP contribution in [0.1, 0.15) is 37.9 Å². The molecule has 1 heterocycles. The van der Waals surface area contributed by atoms with Crippen molar-refractivity contribution < 1.29 is 9.84 Å². The van der Waals surface area contributed by atoms with E-state index in [1.807, 2.05) is 18.2 Å². The van der Waals surface area contributed by atoms with E-state index >= 15 is 0 Å². The van der Waals surface area contributed by atoms with Crippen LogP contribution in [-0.2, 0) is 0 Å². The molecular formula is C15H22BrNO2. The van der Waals surface area contributed by atoms with Crippen molar-refractivity contribution in [3.05, 3.63) is 28.2 Å². The minimum absolute atomic E-state index is 0.113. The maximum Gasteiger partial charge on any atom is 0.124 e. The highest BCUT2D eigenvalue weighted by molar-refractivity contribution is 9.10. The normalized spacial score (nSPS) is 25.1. The van der Waals surface area contributed by atoms with Crippen molar-refractivity contribution in [1.82, 2.24) is 5.32 Å². The highest BCUT2D eigenvalue weighted by Gasteiger charge is 2.28. The standard InChI is InChI=1S/C15H22BrNO2/c1-3-10-6-7-17-13(8-10)15(18)12-9-11(16)4-5-14(12)19-2/h4-5,9-10,13,15,17-18H,3,6-8H2,1-2H3. The fourth-order valence-electron chi connectivity index (χ4n) is 2.80. The van der Waals surface area contributed by atoms with E-state index in [0.29, 0.717) is 5.92 Å². The van der Waals surface area contributed by atoms with Gasteiger partial charge in [-0.25, -0.2) is 0 Å². The minimum atomic E-state index is -0.526. The molecule has 4 heteroatoms. The molecule has 1 aromatic rings. The van der Waals surface area contributed by atoms with Gasteiger partial charge in [-0.3, -0.25) is 0 Å². The Hall–Kier alpha value is -0.580. The lowest BCUT2D eigenvalue weighted by Crippen LogP contribution is -2.42. The van der Waals surface area contributed by atoms with Gasteiger partial charge in [0.05, 0.1) is 13.2 Å². The van der Waals surface area contributed by atoms with Gasteiger partial charge in [-0.1, -0.05) is 29.3 Å². The second kappa shape index (κ2) is 6.73. The topological polar surface area (TPSA) is 41.5 Å². The summed E-state index contributed by atoms with van der Waals surface area (Å²) in [6.45, 7) is 3.20. The van der Waals surface area contributed by atoms with Crippen LogP contribution in [0.15, 0.2) is 22.7 Å². The predicted octanol–water partition coefficient (Wildman–Crippen LogP) is 3.27. The van der Waals surface area contributed by atoms with Crippen LogP contribution in [0.3, 0.4) is 0 Å². The molecule has 2 rings (SSSR count). The Morgan fingerprint density at radius 3 is 3.00 bits per heavy atom. The Morgan fingerprint density at radius 1 is 1.53 bits per heavy atom. The Morgan fingerprint density at radius 2 is 2.32 bits per heavy atom. The first kappa shape index (κ1) is 14.8. The van der Waals surface area contributed by atoms with Gasteiger partial charge in [0.2, 0.25) is 0 Å². The lowest BCUT2D eigenvalue weighted by Gasteiger charge is -2.33. The van der Waals surface area contributed by atoms with Crippen molar-refractivity contribution in [3.8, 4) is 5.75 Å². The molecule has 106 valence electrons. The first-order chi connectivity index (χ1) is 9.15. The summed E-state index contributed by atoms with van der Waals surface area (Å²) in [6, 6.07) is 5.88. The van der Waals surface area contributed by atoms with E-state index in [0.717, 1.165) is 28.8 Å². The molecule has 0 amide bonds. The SMILES string of the molecule is CCC1CCNC(C(O)c2cc(Br)ccc2OC)C1. The molecule has 3 nitrogen and oxygen atoms in total. The second-order valence-electron chi connectivity index (χ2n) is 5.19. The molecule has 2 N–H and O–H groups in total. The number of benzene rings is 1. The summed E-state index contributed by atoms with van der Waals surface area (Å²) >= 11 is 3.46. The number of rotatable bonds is 4. The van der Waals surface area contributed by atoms with Crippen molar-refractivity contribution in [2.75, 3.05) is 13.7 Å². The second-order valence-corrected chi connectivity index (χ2v) is 6.11. The Balaban J connectivity index is 2.18. The summed E-state index contributed by atoms with van der Waals surface area (Å²) in [6.07, 6.45) is 2.88. The molecule has 1 aliphatic heterocycles. The van der Waals surface area contributed by atoms with Crippen LogP contribution < -0.4 is 10.1 Å². The van der Waals surface area contributed by atoms with Gasteiger partial charge in [0, 0.05) is 16.1 Å². The molecule has 0 radical (unpaired) electrons. The highest BCUT2D eigenvalue weighted by Crippen LogP contribution is 2.34. The number of piperidine rings is 1. The van der Waals surface area contributed by atoms with Gasteiger partial charge < -0.3 is 15.2 Å². The molecule has 1 fully saturated rings. The lowest BCUT2D eigenvalue weighted by molar-refractivity contribution is 0.0955. The van der Waals surface area contributed by atoms with Crippen molar-refractivity contribution in [3.63, 3.8) is 0 Å². The highest BCUT2D eigenvalue weighted by atomic mass is 79.9. The zero-order valence-electron chi connectivity index (χ0n) is 11.5. The molecule has 1 aliphatic rings. The number of nitrogens with one attached hydrogen (secondary N) is 1. The monoisotopic (exact) mass is 327 g/mol. The quantitative estimate of drug-likeness (QED) is 0.891. The number of aliphatic hydroxyl groups is 1. The van der Waals surface area contributed by atoms with Gasteiger partial charge >= 0.3 is 0 Å². The van der Waals surface area contributed by atoms with Gasteiger partial charge in [0.25, 0.3) is 0 Å². The van der Waals surface area contributed by atoms with E-state index in [9.17, 15) is 5.11 Å². The van der Waals surface area contributed by atoms with Crippen LogP contribution in [0, 0.1) is 5.92 Å². The summed E-state index contributed by atoms with van der Waals surface area (Å²) in [5.41, 5.74) is 0.853. The molecular weight excluding hydrogens is 306 g/mol. The van der Waals surface area contributed by atoms with E-state index in [4.69, 9.17) is 4.74 Å². The molecule has 1 saturated heterocycles. The van der Waals surface area contributed by atoms with Crippen molar-refractivity contribution in [2.24, 2.45) is 5.92 Å². The first-order valence-electron chi connectivity index (χ1n) is 6.90. The maximum absolute atomic E-state index is 10.6.